The molecule has 0 bridgehead atoms. The highest BCUT2D eigenvalue weighted by Gasteiger charge is 2.10. The smallest absolute Gasteiger partial charge is 0.0249 e. The Balaban J connectivity index is 2.48. The SMILES string of the molecule is C=C1CCNC1C. The quantitative estimate of drug-likeness (QED) is 0.443. The van der Waals surface area contributed by atoms with E-state index in [1.54, 1.807) is 0 Å². The van der Waals surface area contributed by atoms with Gasteiger partial charge in [-0.1, -0.05) is 12.2 Å². The summed E-state index contributed by atoms with van der Waals surface area (Å²) in [6.45, 7) is 7.15. The summed E-state index contributed by atoms with van der Waals surface area (Å²) in [5.41, 5.74) is 1.35. The van der Waals surface area contributed by atoms with Crippen molar-refractivity contribution < 1.29 is 0 Å². The zero-order valence-corrected chi connectivity index (χ0v) is 4.70. The molecule has 1 nitrogen and oxygen atoms in total. The van der Waals surface area contributed by atoms with E-state index in [0.717, 1.165) is 6.54 Å². The maximum absolute atomic E-state index is 3.87. The molecule has 1 unspecified atom stereocenters. The summed E-state index contributed by atoms with van der Waals surface area (Å²) in [5.74, 6) is 0. The van der Waals surface area contributed by atoms with Gasteiger partial charge < -0.3 is 5.32 Å². The first-order chi connectivity index (χ1) is 3.30. The van der Waals surface area contributed by atoms with Gasteiger partial charge in [0.15, 0.2) is 0 Å². The Morgan fingerprint density at radius 3 is 2.71 bits per heavy atom. The molecule has 1 N–H and O–H groups in total. The monoisotopic (exact) mass is 97.1 g/mol. The van der Waals surface area contributed by atoms with Gasteiger partial charge in [0.05, 0.1) is 0 Å². The predicted molar refractivity (Wildman–Crippen MR) is 31.2 cm³/mol. The third-order valence-corrected chi connectivity index (χ3v) is 1.51. The normalized spacial score (nSPS) is 31.6. The molecule has 0 radical (unpaired) electrons. The van der Waals surface area contributed by atoms with Gasteiger partial charge in [-0.3, -0.25) is 0 Å². The fourth-order valence-electron chi connectivity index (χ4n) is 0.810. The molecular weight excluding hydrogens is 86.1 g/mol. The summed E-state index contributed by atoms with van der Waals surface area (Å²) in [4.78, 5) is 0. The Labute approximate surface area is 44.4 Å². The van der Waals surface area contributed by atoms with Gasteiger partial charge in [-0.25, -0.2) is 0 Å². The van der Waals surface area contributed by atoms with E-state index in [9.17, 15) is 0 Å². The van der Waals surface area contributed by atoms with E-state index in [4.69, 9.17) is 0 Å². The molecule has 0 spiro atoms. The highest BCUT2D eigenvalue weighted by atomic mass is 14.9. The van der Waals surface area contributed by atoms with Crippen molar-refractivity contribution >= 4 is 0 Å². The zero-order valence-electron chi connectivity index (χ0n) is 4.70. The van der Waals surface area contributed by atoms with Crippen molar-refractivity contribution in [1.82, 2.24) is 5.32 Å². The lowest BCUT2D eigenvalue weighted by molar-refractivity contribution is 0.721. The van der Waals surface area contributed by atoms with E-state index in [1.807, 2.05) is 0 Å². The topological polar surface area (TPSA) is 12.0 Å². The van der Waals surface area contributed by atoms with Crippen LogP contribution in [0, 0.1) is 0 Å². The second-order valence-electron chi connectivity index (χ2n) is 2.08. The maximum Gasteiger partial charge on any atom is 0.0249 e. The summed E-state index contributed by atoms with van der Waals surface area (Å²) in [6, 6.07) is 0.569. The Morgan fingerprint density at radius 1 is 1.86 bits per heavy atom. The summed E-state index contributed by atoms with van der Waals surface area (Å²) in [5, 5.41) is 3.27. The summed E-state index contributed by atoms with van der Waals surface area (Å²) in [6.07, 6.45) is 1.17. The molecule has 7 heavy (non-hydrogen) atoms. The molecule has 40 valence electrons. The Morgan fingerprint density at radius 2 is 2.57 bits per heavy atom. The van der Waals surface area contributed by atoms with Crippen LogP contribution in [0.25, 0.3) is 0 Å². The lowest BCUT2D eigenvalue weighted by Crippen LogP contribution is -2.17. The fraction of sp³-hybridized carbons (Fsp3) is 0.667. The largest absolute Gasteiger partial charge is 0.310 e. The summed E-state index contributed by atoms with van der Waals surface area (Å²) in [7, 11) is 0. The minimum Gasteiger partial charge on any atom is -0.310 e. The highest BCUT2D eigenvalue weighted by Crippen LogP contribution is 2.09. The molecule has 0 amide bonds. The number of hydrogen-bond donors (Lipinski definition) is 1. The molecule has 1 aliphatic heterocycles. The predicted octanol–water partition coefficient (Wildman–Crippen LogP) is 0.924. The molecule has 1 fully saturated rings. The van der Waals surface area contributed by atoms with Crippen molar-refractivity contribution in [2.75, 3.05) is 6.54 Å². The first-order valence-electron chi connectivity index (χ1n) is 2.72. The minimum absolute atomic E-state index is 0.569. The highest BCUT2D eigenvalue weighted by molar-refractivity contribution is 5.08. The van der Waals surface area contributed by atoms with Crippen LogP contribution < -0.4 is 5.32 Å². The molecule has 0 aliphatic carbocycles. The van der Waals surface area contributed by atoms with Crippen LogP contribution in [0.3, 0.4) is 0 Å². The molecular formula is C6H11N. The van der Waals surface area contributed by atoms with Gasteiger partial charge in [0.1, 0.15) is 0 Å². The average molecular weight is 97.2 g/mol. The molecule has 1 heteroatoms. The van der Waals surface area contributed by atoms with Gasteiger partial charge in [0, 0.05) is 6.04 Å². The number of rotatable bonds is 0. The maximum atomic E-state index is 3.87. The molecule has 0 saturated carbocycles. The van der Waals surface area contributed by atoms with Crippen LogP contribution in [-0.2, 0) is 0 Å². The van der Waals surface area contributed by atoms with Crippen molar-refractivity contribution in [2.24, 2.45) is 0 Å². The Kier molecular flexibility index (Phi) is 1.15. The number of nitrogens with one attached hydrogen (secondary N) is 1. The van der Waals surface area contributed by atoms with Crippen LogP contribution in [0.1, 0.15) is 13.3 Å². The van der Waals surface area contributed by atoms with E-state index >= 15 is 0 Å². The van der Waals surface area contributed by atoms with Crippen molar-refractivity contribution in [2.45, 2.75) is 19.4 Å². The van der Waals surface area contributed by atoms with Gasteiger partial charge in [0.25, 0.3) is 0 Å². The van der Waals surface area contributed by atoms with Crippen LogP contribution >= 0.6 is 0 Å². The molecule has 0 aromatic rings. The molecule has 1 heterocycles. The molecule has 1 atom stereocenters. The Hall–Kier alpha value is -0.300. The van der Waals surface area contributed by atoms with Gasteiger partial charge in [-0.15, -0.1) is 0 Å². The van der Waals surface area contributed by atoms with E-state index in [0.29, 0.717) is 6.04 Å². The average Bonchev–Trinajstić information content (AvgIpc) is 1.91. The van der Waals surface area contributed by atoms with Crippen LogP contribution in [0.15, 0.2) is 12.2 Å². The fourth-order valence-corrected chi connectivity index (χ4v) is 0.810. The summed E-state index contributed by atoms with van der Waals surface area (Å²) < 4.78 is 0. The second kappa shape index (κ2) is 1.66. The molecule has 1 rings (SSSR count). The number of hydrogen-bond acceptors (Lipinski definition) is 1. The lowest BCUT2D eigenvalue weighted by Gasteiger charge is -1.99. The van der Waals surface area contributed by atoms with Gasteiger partial charge in [-0.05, 0) is 19.9 Å². The molecule has 1 saturated heterocycles. The van der Waals surface area contributed by atoms with Crippen LogP contribution in [0.4, 0.5) is 0 Å². The minimum atomic E-state index is 0.569. The van der Waals surface area contributed by atoms with Crippen molar-refractivity contribution in [3.63, 3.8) is 0 Å². The van der Waals surface area contributed by atoms with E-state index in [1.165, 1.54) is 12.0 Å². The molecule has 1 aliphatic rings. The van der Waals surface area contributed by atoms with Crippen molar-refractivity contribution in [1.29, 1.82) is 0 Å². The first kappa shape index (κ1) is 4.85. The Bertz CT molecular complexity index is 86.2. The van der Waals surface area contributed by atoms with E-state index in [2.05, 4.69) is 18.8 Å². The van der Waals surface area contributed by atoms with Gasteiger partial charge in [-0.2, -0.15) is 0 Å². The van der Waals surface area contributed by atoms with E-state index in [-0.39, 0.29) is 0 Å². The van der Waals surface area contributed by atoms with Gasteiger partial charge >= 0.3 is 0 Å². The molecule has 0 aromatic carbocycles. The van der Waals surface area contributed by atoms with Crippen LogP contribution in [0.5, 0.6) is 0 Å². The lowest BCUT2D eigenvalue weighted by atomic mass is 10.2. The van der Waals surface area contributed by atoms with Gasteiger partial charge in [0.2, 0.25) is 0 Å². The first-order valence-corrected chi connectivity index (χ1v) is 2.72. The zero-order chi connectivity index (χ0) is 5.28. The van der Waals surface area contributed by atoms with E-state index < -0.39 is 0 Å². The van der Waals surface area contributed by atoms with Crippen LogP contribution in [-0.4, -0.2) is 12.6 Å². The second-order valence-corrected chi connectivity index (χ2v) is 2.08. The standard InChI is InChI=1S/C6H11N/c1-5-3-4-7-6(5)2/h6-7H,1,3-4H2,2H3. The third kappa shape index (κ3) is 0.829. The van der Waals surface area contributed by atoms with Crippen LogP contribution in [0.2, 0.25) is 0 Å². The third-order valence-electron chi connectivity index (χ3n) is 1.51. The molecule has 0 aromatic heterocycles. The summed E-state index contributed by atoms with van der Waals surface area (Å²) >= 11 is 0. The van der Waals surface area contributed by atoms with Crippen molar-refractivity contribution in [3.05, 3.63) is 12.2 Å². The van der Waals surface area contributed by atoms with Crippen molar-refractivity contribution in [3.8, 4) is 0 Å².